The Morgan fingerprint density at radius 2 is 1.21 bits per heavy atom. The van der Waals surface area contributed by atoms with Crippen LogP contribution in [0.3, 0.4) is 0 Å². The van der Waals surface area contributed by atoms with Crippen LogP contribution in [0.5, 0.6) is 0 Å². The van der Waals surface area contributed by atoms with Gasteiger partial charge in [0.05, 0.1) is 104 Å². The number of aliphatic imine (C=N–C) groups is 1. The van der Waals surface area contributed by atoms with E-state index in [0.29, 0.717) is 100 Å². The van der Waals surface area contributed by atoms with Gasteiger partial charge in [-0.15, -0.1) is 0 Å². The Hall–Kier alpha value is -10.6. The fraction of sp³-hybridized carbons (Fsp3) is 0.235. The van der Waals surface area contributed by atoms with E-state index < -0.39 is 9.85 Å². The van der Waals surface area contributed by atoms with Crippen LogP contribution >= 0.6 is 15.9 Å². The first-order valence-corrected chi connectivity index (χ1v) is 31.3. The topological polar surface area (TPSA) is 291 Å². The standard InChI is InChI=1S/C34H33FN9O3.C28H26FN7O.C6H8BrN3O2.BrH/c1-22-12-25(34(40-22)43(46)47)20-44(2,3)11-5-8-29(45)15-28-16-30-31(18-36-28)37-21-38-33(30)41-27-9-10-32-24(14-27)17-39-42(32)19-23-6-4-7-26(35)13-23;1-35(2)10-4-7-24(37)13-23-14-25-26(16-30-23)31-18-32-28(25)34-22-8-9-27-20(12-22)15-33-36(27)17-19-5-3-6-21(29)11-19;1-4-8-6(10(11)12)5(3-7)9(4)2;/h4-10,13-14,16-18,21H,11-12,15,19-20H2,1-3H3,(H,37,38,41);3-9,11-12,14-16,18H,10,13,17H2,1-2H3,(H,31,32,34);3H2,1-2H3;1H/q+1;;;/p-1/b8-5+;7-4+;;. The Morgan fingerprint density at radius 1 is 0.691 bits per heavy atom. The van der Waals surface area contributed by atoms with E-state index in [1.54, 1.807) is 74.5 Å². The lowest BCUT2D eigenvalue weighted by Gasteiger charge is -2.28. The first-order chi connectivity index (χ1) is 46.0. The molecule has 4 aromatic carbocycles. The smallest absolute Gasteiger partial charge is 0.385 e. The number of nitro groups is 2. The quantitative estimate of drug-likeness (QED) is 0.0199. The molecule has 498 valence electrons. The number of imidazole rings is 1. The molecule has 0 spiro atoms. The second-order valence-electron chi connectivity index (χ2n) is 23.7. The van der Waals surface area contributed by atoms with Crippen molar-refractivity contribution in [3.63, 3.8) is 0 Å². The highest BCUT2D eigenvalue weighted by Gasteiger charge is 2.31. The summed E-state index contributed by atoms with van der Waals surface area (Å²) >= 11 is 3.18. The molecule has 0 fully saturated rings. The lowest BCUT2D eigenvalue weighted by atomic mass is 10.1. The summed E-state index contributed by atoms with van der Waals surface area (Å²) < 4.78 is 33.0. The van der Waals surface area contributed by atoms with E-state index in [2.05, 4.69) is 76.6 Å². The summed E-state index contributed by atoms with van der Waals surface area (Å²) in [4.78, 5) is 82.4. The summed E-state index contributed by atoms with van der Waals surface area (Å²) in [6.45, 7) is 6.12. The number of hydrogen-bond donors (Lipinski definition) is 2. The number of pyridine rings is 2. The monoisotopic (exact) mass is 1440 g/mol. The highest BCUT2D eigenvalue weighted by atomic mass is 79.9. The SMILES string of the molecule is CC1=NC([N+](=O)[O-])=C(C[N+](C)(C)C/C=C/C(=O)Cc2cc3c(Nc4ccc5c(cnn5Cc5cccc(F)c5)c4)ncnc3cn2)C1.CN(C)C/C=C/C(=O)Cc1cc2c(Nc3ccc4c(cnn4Cc4cccc(F)c4)c3)ncnc2cn1.Cc1nc([N+](=O)[O-])c(CBr)n1C.[Br-]. The Bertz CT molecular complexity index is 4890. The number of rotatable bonds is 23. The number of ketones is 2. The molecule has 29 heteroatoms. The molecule has 8 heterocycles. The Kier molecular flexibility index (Phi) is 23.1. The molecule has 0 radical (unpaired) electrons. The Balaban J connectivity index is 0.000000196. The Labute approximate surface area is 574 Å². The first kappa shape index (κ1) is 70.7. The maximum Gasteiger partial charge on any atom is 0.385 e. The molecule has 2 N–H and O–H groups in total. The molecule has 0 amide bonds. The van der Waals surface area contributed by atoms with E-state index in [-0.39, 0.29) is 64.7 Å². The third-order valence-corrected chi connectivity index (χ3v) is 15.9. The number of allylic oxidation sites excluding steroid dienone is 2. The number of aromatic nitrogens is 12. The van der Waals surface area contributed by atoms with Crippen molar-refractivity contribution in [2.75, 3.05) is 58.5 Å². The normalized spacial score (nSPS) is 12.3. The fourth-order valence-electron chi connectivity index (χ4n) is 10.7. The van der Waals surface area contributed by atoms with E-state index in [1.807, 2.05) is 109 Å². The van der Waals surface area contributed by atoms with Crippen LogP contribution in [-0.2, 0) is 47.9 Å². The lowest BCUT2D eigenvalue weighted by molar-refractivity contribution is -0.880. The van der Waals surface area contributed by atoms with Crippen LogP contribution in [0.25, 0.3) is 43.6 Å². The molecule has 12 rings (SSSR count). The average molecular weight is 1440 g/mol. The number of benzene rings is 4. The van der Waals surface area contributed by atoms with Crippen LogP contribution in [0.4, 0.5) is 37.6 Å². The van der Waals surface area contributed by atoms with Gasteiger partial charge in [-0.05, 0) is 143 Å². The number of nitrogens with zero attached hydrogens (tertiary/aromatic N) is 17. The molecule has 0 saturated heterocycles. The van der Waals surface area contributed by atoms with Gasteiger partial charge in [0, 0.05) is 71.2 Å². The number of carbonyl (C=O) groups is 2. The molecule has 0 unspecified atom stereocenters. The summed E-state index contributed by atoms with van der Waals surface area (Å²) in [5.74, 6) is 1.04. The van der Waals surface area contributed by atoms with E-state index in [0.717, 1.165) is 60.8 Å². The van der Waals surface area contributed by atoms with E-state index in [1.165, 1.54) is 43.0 Å². The van der Waals surface area contributed by atoms with Gasteiger partial charge in [0.1, 0.15) is 53.9 Å². The van der Waals surface area contributed by atoms with Gasteiger partial charge in [0.25, 0.3) is 0 Å². The van der Waals surface area contributed by atoms with Crippen LogP contribution in [-0.4, -0.2) is 143 Å². The van der Waals surface area contributed by atoms with Gasteiger partial charge < -0.3 is 61.8 Å². The molecule has 97 heavy (non-hydrogen) atoms. The summed E-state index contributed by atoms with van der Waals surface area (Å²) in [5, 5.41) is 41.3. The number of carbonyl (C=O) groups excluding carboxylic acids is 2. The van der Waals surface area contributed by atoms with Gasteiger partial charge in [0.15, 0.2) is 11.6 Å². The lowest BCUT2D eigenvalue weighted by Crippen LogP contribution is -3.00. The van der Waals surface area contributed by atoms with Gasteiger partial charge in [-0.2, -0.15) is 10.2 Å². The fourth-order valence-corrected chi connectivity index (χ4v) is 11.3. The molecule has 0 bridgehead atoms. The number of fused-ring (bicyclic) bond motifs is 4. The summed E-state index contributed by atoms with van der Waals surface area (Å²) in [6, 6.07) is 28.4. The molecule has 0 aliphatic carbocycles. The summed E-state index contributed by atoms with van der Waals surface area (Å²) in [6.07, 6.45) is 17.3. The van der Waals surface area contributed by atoms with E-state index >= 15 is 0 Å². The van der Waals surface area contributed by atoms with Crippen LogP contribution in [0.2, 0.25) is 0 Å². The molecule has 0 atom stereocenters. The van der Waals surface area contributed by atoms with Crippen LogP contribution in [0.15, 0.2) is 175 Å². The van der Waals surface area contributed by atoms with Crippen molar-refractivity contribution in [2.24, 2.45) is 12.0 Å². The third kappa shape index (κ3) is 18.4. The molecular formula is C68H67Br2F2N19O6. The molecule has 7 aromatic heterocycles. The summed E-state index contributed by atoms with van der Waals surface area (Å²) in [7, 11) is 9.58. The third-order valence-electron chi connectivity index (χ3n) is 15.4. The summed E-state index contributed by atoms with van der Waals surface area (Å²) in [5.41, 5.74) is 9.70. The van der Waals surface area contributed by atoms with E-state index in [9.17, 15) is 38.6 Å². The van der Waals surface area contributed by atoms with Crippen molar-refractivity contribution in [1.29, 1.82) is 0 Å². The predicted molar refractivity (Wildman–Crippen MR) is 367 cm³/mol. The van der Waals surface area contributed by atoms with Gasteiger partial charge >= 0.3 is 11.6 Å². The van der Waals surface area contributed by atoms with Crippen molar-refractivity contribution in [3.8, 4) is 0 Å². The van der Waals surface area contributed by atoms with Gasteiger partial charge in [-0.1, -0.05) is 46.3 Å². The van der Waals surface area contributed by atoms with Crippen molar-refractivity contribution in [2.45, 2.75) is 51.5 Å². The molecule has 25 nitrogen and oxygen atoms in total. The second kappa shape index (κ2) is 31.7. The first-order valence-electron chi connectivity index (χ1n) is 30.2. The van der Waals surface area contributed by atoms with Gasteiger partial charge in [-0.3, -0.25) is 28.9 Å². The number of halogens is 4. The molecule has 1 aliphatic rings. The molecular weight excluding hydrogens is 1380 g/mol. The minimum atomic E-state index is -0.469. The minimum absolute atomic E-state index is 0. The van der Waals surface area contributed by atoms with Crippen molar-refractivity contribution >= 4 is 106 Å². The second-order valence-corrected chi connectivity index (χ2v) is 24.3. The maximum absolute atomic E-state index is 13.7. The zero-order valence-electron chi connectivity index (χ0n) is 53.9. The largest absolute Gasteiger partial charge is 1.00 e. The van der Waals surface area contributed by atoms with Crippen molar-refractivity contribution < 1.29 is 49.7 Å². The van der Waals surface area contributed by atoms with Gasteiger partial charge in [-0.25, -0.2) is 28.7 Å². The van der Waals surface area contributed by atoms with E-state index in [4.69, 9.17) is 0 Å². The minimum Gasteiger partial charge on any atom is -1.00 e. The highest BCUT2D eigenvalue weighted by Crippen LogP contribution is 2.30. The Morgan fingerprint density at radius 3 is 1.67 bits per heavy atom. The van der Waals surface area contributed by atoms with Crippen LogP contribution in [0.1, 0.15) is 47.4 Å². The number of nitrogens with one attached hydrogen (secondary N) is 2. The van der Waals surface area contributed by atoms with Gasteiger partial charge in [0.2, 0.25) is 5.82 Å². The number of quaternary nitrogens is 1. The number of anilines is 4. The molecule has 11 aromatic rings. The van der Waals surface area contributed by atoms with Crippen LogP contribution in [0, 0.1) is 38.8 Å². The van der Waals surface area contributed by atoms with Crippen molar-refractivity contribution in [1.82, 2.24) is 63.9 Å². The number of likely N-dealkylation sites (N-methyl/N-ethyl adjacent to an activating group) is 2. The number of alkyl halides is 1. The molecule has 1 aliphatic heterocycles. The average Bonchev–Trinajstić information content (AvgIpc) is 1.64. The van der Waals surface area contributed by atoms with Crippen molar-refractivity contribution in [3.05, 3.63) is 236 Å². The zero-order chi connectivity index (χ0) is 68.2. The zero-order valence-corrected chi connectivity index (χ0v) is 57.1. The highest BCUT2D eigenvalue weighted by molar-refractivity contribution is 9.08. The molecule has 0 saturated carbocycles. The van der Waals surface area contributed by atoms with Crippen LogP contribution < -0.4 is 27.6 Å². The predicted octanol–water partition coefficient (Wildman–Crippen LogP) is 8.47. The maximum atomic E-state index is 13.7. The number of aryl methyl sites for hydroxylation is 1. The number of hydrogen-bond acceptors (Lipinski definition) is 19.